The number of likely N-dealkylation sites (N-methyl/N-ethyl adjacent to an activating group) is 1. The van der Waals surface area contributed by atoms with E-state index in [1.165, 1.54) is 0 Å². The fraction of sp³-hybridized carbons (Fsp3) is 0.786. The zero-order chi connectivity index (χ0) is 15.3. The maximum absolute atomic E-state index is 12.1. The standard InChI is InChI=1S/C14H24N4O2/c1-14(2)13(20)17(4)10-11-18(14)9-6-12(19)16(3)8-5-7-15/h5-6,8-11H2,1-4H3. The van der Waals surface area contributed by atoms with Crippen LogP contribution in [0.1, 0.15) is 26.7 Å². The van der Waals surface area contributed by atoms with Crippen molar-refractivity contribution in [1.82, 2.24) is 14.7 Å². The van der Waals surface area contributed by atoms with Gasteiger partial charge in [-0.25, -0.2) is 0 Å². The maximum atomic E-state index is 12.1. The quantitative estimate of drug-likeness (QED) is 0.726. The monoisotopic (exact) mass is 280 g/mol. The average molecular weight is 280 g/mol. The molecular formula is C14H24N4O2. The van der Waals surface area contributed by atoms with Crippen LogP contribution in [0, 0.1) is 11.3 Å². The van der Waals surface area contributed by atoms with Crippen LogP contribution in [0.5, 0.6) is 0 Å². The normalized spacial score (nSPS) is 18.8. The Bertz CT molecular complexity index is 414. The zero-order valence-electron chi connectivity index (χ0n) is 12.8. The molecule has 1 heterocycles. The Balaban J connectivity index is 2.51. The fourth-order valence-electron chi connectivity index (χ4n) is 2.41. The molecule has 1 rings (SSSR count). The number of nitriles is 1. The largest absolute Gasteiger partial charge is 0.345 e. The van der Waals surface area contributed by atoms with Gasteiger partial charge in [-0.2, -0.15) is 5.26 Å². The molecule has 1 fully saturated rings. The van der Waals surface area contributed by atoms with E-state index >= 15 is 0 Å². The Morgan fingerprint density at radius 1 is 1.45 bits per heavy atom. The average Bonchev–Trinajstić information content (AvgIpc) is 2.41. The Kier molecular flexibility index (Phi) is 5.52. The highest BCUT2D eigenvalue weighted by Gasteiger charge is 2.40. The predicted octanol–water partition coefficient (Wildman–Crippen LogP) is 0.301. The van der Waals surface area contributed by atoms with E-state index in [0.29, 0.717) is 32.5 Å². The molecule has 0 aromatic heterocycles. The van der Waals surface area contributed by atoms with Gasteiger partial charge in [-0.15, -0.1) is 0 Å². The maximum Gasteiger partial charge on any atom is 0.242 e. The van der Waals surface area contributed by atoms with Gasteiger partial charge in [0.1, 0.15) is 0 Å². The lowest BCUT2D eigenvalue weighted by molar-refractivity contribution is -0.148. The van der Waals surface area contributed by atoms with E-state index in [1.807, 2.05) is 27.0 Å². The molecule has 20 heavy (non-hydrogen) atoms. The van der Waals surface area contributed by atoms with Crippen molar-refractivity contribution in [1.29, 1.82) is 5.26 Å². The number of carbonyl (C=O) groups is 2. The Morgan fingerprint density at radius 2 is 2.10 bits per heavy atom. The highest BCUT2D eigenvalue weighted by atomic mass is 16.2. The van der Waals surface area contributed by atoms with E-state index < -0.39 is 5.54 Å². The van der Waals surface area contributed by atoms with E-state index in [4.69, 9.17) is 5.26 Å². The van der Waals surface area contributed by atoms with Gasteiger partial charge < -0.3 is 9.80 Å². The van der Waals surface area contributed by atoms with Crippen molar-refractivity contribution >= 4 is 11.8 Å². The minimum Gasteiger partial charge on any atom is -0.345 e. The molecule has 6 nitrogen and oxygen atoms in total. The van der Waals surface area contributed by atoms with Gasteiger partial charge in [0, 0.05) is 46.7 Å². The Hall–Kier alpha value is -1.61. The molecular weight excluding hydrogens is 256 g/mol. The van der Waals surface area contributed by atoms with Gasteiger partial charge in [0.25, 0.3) is 0 Å². The summed E-state index contributed by atoms with van der Waals surface area (Å²) in [6.07, 6.45) is 0.725. The highest BCUT2D eigenvalue weighted by molar-refractivity contribution is 5.86. The van der Waals surface area contributed by atoms with Crippen molar-refractivity contribution < 1.29 is 9.59 Å². The van der Waals surface area contributed by atoms with Crippen LogP contribution in [0.25, 0.3) is 0 Å². The smallest absolute Gasteiger partial charge is 0.242 e. The first kappa shape index (κ1) is 16.4. The number of carbonyl (C=O) groups excluding carboxylic acids is 2. The first-order valence-corrected chi connectivity index (χ1v) is 6.92. The lowest BCUT2D eigenvalue weighted by atomic mass is 9.97. The lowest BCUT2D eigenvalue weighted by Crippen LogP contribution is -2.62. The summed E-state index contributed by atoms with van der Waals surface area (Å²) in [7, 11) is 3.52. The second kappa shape index (κ2) is 6.71. The second-order valence-electron chi connectivity index (χ2n) is 5.75. The van der Waals surface area contributed by atoms with Crippen LogP contribution in [0.4, 0.5) is 0 Å². The number of amides is 2. The first-order valence-electron chi connectivity index (χ1n) is 6.92. The van der Waals surface area contributed by atoms with Gasteiger partial charge in [-0.3, -0.25) is 14.5 Å². The third kappa shape index (κ3) is 3.70. The molecule has 0 aromatic rings. The summed E-state index contributed by atoms with van der Waals surface area (Å²) < 4.78 is 0. The van der Waals surface area contributed by atoms with Crippen molar-refractivity contribution in [3.05, 3.63) is 0 Å². The van der Waals surface area contributed by atoms with E-state index in [0.717, 1.165) is 6.54 Å². The third-order valence-corrected chi connectivity index (χ3v) is 3.95. The van der Waals surface area contributed by atoms with Crippen LogP contribution in [0.2, 0.25) is 0 Å². The summed E-state index contributed by atoms with van der Waals surface area (Å²) >= 11 is 0. The van der Waals surface area contributed by atoms with E-state index in [2.05, 4.69) is 4.90 Å². The zero-order valence-corrected chi connectivity index (χ0v) is 12.8. The predicted molar refractivity (Wildman–Crippen MR) is 75.8 cm³/mol. The molecule has 0 atom stereocenters. The SMILES string of the molecule is CN(CCC#N)C(=O)CCN1CCN(C)C(=O)C1(C)C. The van der Waals surface area contributed by atoms with Crippen molar-refractivity contribution in [2.45, 2.75) is 32.2 Å². The number of rotatable bonds is 5. The molecule has 112 valence electrons. The Morgan fingerprint density at radius 3 is 2.70 bits per heavy atom. The van der Waals surface area contributed by atoms with Crippen LogP contribution >= 0.6 is 0 Å². The molecule has 0 spiro atoms. The molecule has 1 aliphatic heterocycles. The molecule has 1 aliphatic rings. The second-order valence-corrected chi connectivity index (χ2v) is 5.75. The van der Waals surface area contributed by atoms with Crippen LogP contribution in [-0.2, 0) is 9.59 Å². The van der Waals surface area contributed by atoms with Crippen LogP contribution < -0.4 is 0 Å². The van der Waals surface area contributed by atoms with Crippen molar-refractivity contribution in [2.75, 3.05) is 40.3 Å². The summed E-state index contributed by atoms with van der Waals surface area (Å²) in [6.45, 7) is 6.30. The Labute approximate surface area is 120 Å². The molecule has 0 aromatic carbocycles. The molecule has 0 aliphatic carbocycles. The van der Waals surface area contributed by atoms with E-state index in [9.17, 15) is 9.59 Å². The minimum absolute atomic E-state index is 0.0161. The van der Waals surface area contributed by atoms with Gasteiger partial charge >= 0.3 is 0 Å². The first-order chi connectivity index (χ1) is 9.30. The fourth-order valence-corrected chi connectivity index (χ4v) is 2.41. The number of nitrogens with zero attached hydrogens (tertiary/aromatic N) is 4. The summed E-state index contributed by atoms with van der Waals surface area (Å²) in [5, 5.41) is 8.51. The molecule has 0 unspecified atom stereocenters. The highest BCUT2D eigenvalue weighted by Crippen LogP contribution is 2.21. The molecule has 0 bridgehead atoms. The molecule has 6 heteroatoms. The summed E-state index contributed by atoms with van der Waals surface area (Å²) in [4.78, 5) is 29.4. The summed E-state index contributed by atoms with van der Waals surface area (Å²) in [6, 6.07) is 2.03. The van der Waals surface area contributed by atoms with Gasteiger partial charge in [0.05, 0.1) is 18.0 Å². The van der Waals surface area contributed by atoms with Crippen molar-refractivity contribution in [2.24, 2.45) is 0 Å². The van der Waals surface area contributed by atoms with E-state index in [1.54, 1.807) is 16.8 Å². The van der Waals surface area contributed by atoms with Crippen LogP contribution in [-0.4, -0.2) is 72.3 Å². The third-order valence-electron chi connectivity index (χ3n) is 3.95. The molecule has 2 amide bonds. The number of piperazine rings is 1. The van der Waals surface area contributed by atoms with E-state index in [-0.39, 0.29) is 11.8 Å². The minimum atomic E-state index is -0.557. The van der Waals surface area contributed by atoms with Gasteiger partial charge in [0.15, 0.2) is 0 Å². The molecule has 0 saturated carbocycles. The number of hydrogen-bond donors (Lipinski definition) is 0. The lowest BCUT2D eigenvalue weighted by Gasteiger charge is -2.44. The van der Waals surface area contributed by atoms with Gasteiger partial charge in [-0.1, -0.05) is 0 Å². The number of hydrogen-bond acceptors (Lipinski definition) is 4. The van der Waals surface area contributed by atoms with Crippen molar-refractivity contribution in [3.63, 3.8) is 0 Å². The van der Waals surface area contributed by atoms with Crippen LogP contribution in [0.3, 0.4) is 0 Å². The topological polar surface area (TPSA) is 67.7 Å². The molecule has 0 radical (unpaired) electrons. The van der Waals surface area contributed by atoms with Crippen molar-refractivity contribution in [3.8, 4) is 6.07 Å². The van der Waals surface area contributed by atoms with Gasteiger partial charge in [0.2, 0.25) is 11.8 Å². The summed E-state index contributed by atoms with van der Waals surface area (Å²) in [5.41, 5.74) is -0.557. The summed E-state index contributed by atoms with van der Waals surface area (Å²) in [5.74, 6) is 0.108. The van der Waals surface area contributed by atoms with Gasteiger partial charge in [-0.05, 0) is 13.8 Å². The molecule has 0 N–H and O–H groups in total. The van der Waals surface area contributed by atoms with Crippen LogP contribution in [0.15, 0.2) is 0 Å². The molecule has 1 saturated heterocycles.